The second kappa shape index (κ2) is 6.08. The van der Waals surface area contributed by atoms with Gasteiger partial charge in [-0.05, 0) is 49.8 Å². The molecule has 0 saturated heterocycles. The second-order valence-electron chi connectivity index (χ2n) is 5.56. The highest BCUT2D eigenvalue weighted by atomic mass is 35.5. The average molecular weight is 266 g/mol. The van der Waals surface area contributed by atoms with Crippen LogP contribution in [0.5, 0.6) is 0 Å². The van der Waals surface area contributed by atoms with Gasteiger partial charge in [0.15, 0.2) is 0 Å². The molecule has 1 saturated carbocycles. The zero-order valence-corrected chi connectivity index (χ0v) is 12.3. The summed E-state index contributed by atoms with van der Waals surface area (Å²) in [5, 5.41) is 4.46. The maximum atomic E-state index is 6.29. The maximum Gasteiger partial charge on any atom is 0.0438 e. The first kappa shape index (κ1) is 13.9. The highest BCUT2D eigenvalue weighted by molar-refractivity contribution is 6.31. The van der Waals surface area contributed by atoms with Crippen LogP contribution in [0.4, 0.5) is 0 Å². The summed E-state index contributed by atoms with van der Waals surface area (Å²) >= 11 is 6.29. The maximum absolute atomic E-state index is 6.29. The zero-order valence-electron chi connectivity index (χ0n) is 11.5. The minimum Gasteiger partial charge on any atom is -0.316 e. The number of likely N-dealkylation sites (N-methyl/N-ethyl adjacent to an activating group) is 1. The Kier molecular flexibility index (Phi) is 4.69. The van der Waals surface area contributed by atoms with Crippen molar-refractivity contribution in [2.75, 3.05) is 7.05 Å². The molecule has 0 bridgehead atoms. The highest BCUT2D eigenvalue weighted by Crippen LogP contribution is 2.44. The van der Waals surface area contributed by atoms with Gasteiger partial charge in [-0.2, -0.15) is 0 Å². The van der Waals surface area contributed by atoms with E-state index in [1.165, 1.54) is 37.7 Å². The molecule has 2 rings (SSSR count). The third-order valence-electron chi connectivity index (χ3n) is 4.77. The van der Waals surface area contributed by atoms with Crippen LogP contribution in [0.1, 0.15) is 44.6 Å². The van der Waals surface area contributed by atoms with Crippen LogP contribution in [0.3, 0.4) is 0 Å². The molecule has 1 fully saturated rings. The van der Waals surface area contributed by atoms with Gasteiger partial charge < -0.3 is 5.32 Å². The molecular weight excluding hydrogens is 242 g/mol. The van der Waals surface area contributed by atoms with E-state index in [1.807, 2.05) is 12.1 Å². The van der Waals surface area contributed by atoms with Crippen molar-refractivity contribution in [2.45, 2.75) is 51.5 Å². The summed E-state index contributed by atoms with van der Waals surface area (Å²) in [6, 6.07) is 8.79. The Labute approximate surface area is 116 Å². The van der Waals surface area contributed by atoms with Gasteiger partial charge in [0.1, 0.15) is 0 Å². The van der Waals surface area contributed by atoms with Gasteiger partial charge in [-0.1, -0.05) is 49.6 Å². The Morgan fingerprint density at radius 3 is 2.50 bits per heavy atom. The Balaban J connectivity index is 2.16. The average Bonchev–Trinajstić information content (AvgIpc) is 2.88. The minimum atomic E-state index is 0.480. The van der Waals surface area contributed by atoms with Gasteiger partial charge in [0.25, 0.3) is 0 Å². The quantitative estimate of drug-likeness (QED) is 0.830. The topological polar surface area (TPSA) is 12.0 Å². The van der Waals surface area contributed by atoms with Crippen LogP contribution < -0.4 is 5.32 Å². The molecule has 1 unspecified atom stereocenters. The number of benzene rings is 1. The molecule has 100 valence electrons. The first-order valence-electron chi connectivity index (χ1n) is 7.12. The minimum absolute atomic E-state index is 0.480. The Morgan fingerprint density at radius 1 is 1.28 bits per heavy atom. The van der Waals surface area contributed by atoms with Crippen LogP contribution in [0.2, 0.25) is 5.02 Å². The molecule has 0 spiro atoms. The Morgan fingerprint density at radius 2 is 1.94 bits per heavy atom. The van der Waals surface area contributed by atoms with E-state index < -0.39 is 0 Å². The van der Waals surface area contributed by atoms with Crippen LogP contribution in [0.15, 0.2) is 24.3 Å². The lowest BCUT2D eigenvalue weighted by Crippen LogP contribution is -2.43. The fourth-order valence-corrected chi connectivity index (χ4v) is 3.75. The lowest BCUT2D eigenvalue weighted by Gasteiger charge is -2.37. The molecule has 1 N–H and O–H groups in total. The number of hydrogen-bond acceptors (Lipinski definition) is 1. The molecule has 1 aromatic carbocycles. The van der Waals surface area contributed by atoms with E-state index in [0.29, 0.717) is 11.5 Å². The lowest BCUT2D eigenvalue weighted by atomic mass is 9.74. The van der Waals surface area contributed by atoms with Crippen molar-refractivity contribution >= 4 is 11.6 Å². The fraction of sp³-hybridized carbons (Fsp3) is 0.625. The van der Waals surface area contributed by atoms with Crippen LogP contribution in [0, 0.1) is 5.41 Å². The molecule has 1 aromatic rings. The van der Waals surface area contributed by atoms with Crippen molar-refractivity contribution in [2.24, 2.45) is 5.41 Å². The second-order valence-corrected chi connectivity index (χ2v) is 5.97. The number of halogens is 1. The molecule has 1 aliphatic carbocycles. The van der Waals surface area contributed by atoms with E-state index in [-0.39, 0.29) is 0 Å². The van der Waals surface area contributed by atoms with Gasteiger partial charge in [0, 0.05) is 11.1 Å². The van der Waals surface area contributed by atoms with Crippen molar-refractivity contribution < 1.29 is 0 Å². The van der Waals surface area contributed by atoms with E-state index in [2.05, 4.69) is 31.4 Å². The molecular formula is C16H24ClN. The third kappa shape index (κ3) is 2.73. The summed E-state index contributed by atoms with van der Waals surface area (Å²) < 4.78 is 0. The van der Waals surface area contributed by atoms with Crippen molar-refractivity contribution in [1.29, 1.82) is 0 Å². The summed E-state index contributed by atoms with van der Waals surface area (Å²) in [5.41, 5.74) is 1.76. The van der Waals surface area contributed by atoms with Gasteiger partial charge in [-0.3, -0.25) is 0 Å². The molecule has 0 aromatic heterocycles. The molecule has 0 aliphatic heterocycles. The summed E-state index contributed by atoms with van der Waals surface area (Å²) in [5.74, 6) is 0. The van der Waals surface area contributed by atoms with Crippen LogP contribution >= 0.6 is 11.6 Å². The molecule has 1 atom stereocenters. The third-order valence-corrected chi connectivity index (χ3v) is 5.14. The van der Waals surface area contributed by atoms with Gasteiger partial charge in [-0.15, -0.1) is 0 Å². The van der Waals surface area contributed by atoms with Gasteiger partial charge in [0.05, 0.1) is 0 Å². The number of rotatable bonds is 5. The van der Waals surface area contributed by atoms with E-state index >= 15 is 0 Å². The zero-order chi connectivity index (χ0) is 13.0. The first-order valence-corrected chi connectivity index (χ1v) is 7.50. The van der Waals surface area contributed by atoms with Crippen LogP contribution in [-0.2, 0) is 6.42 Å². The standard InChI is InChI=1S/C16H24ClN/c1-3-16(10-6-7-11-16)15(18-2)12-13-8-4-5-9-14(13)17/h4-5,8-9,15,18H,3,6-7,10-12H2,1-2H3. The normalized spacial score (nSPS) is 19.9. The van der Waals surface area contributed by atoms with Crippen molar-refractivity contribution in [3.05, 3.63) is 34.9 Å². The summed E-state index contributed by atoms with van der Waals surface area (Å²) in [4.78, 5) is 0. The molecule has 0 heterocycles. The number of hydrogen-bond donors (Lipinski definition) is 1. The van der Waals surface area contributed by atoms with Crippen LogP contribution in [-0.4, -0.2) is 13.1 Å². The summed E-state index contributed by atoms with van der Waals surface area (Å²) in [6.07, 6.45) is 7.80. The fourth-order valence-electron chi connectivity index (χ4n) is 3.54. The summed E-state index contributed by atoms with van der Waals surface area (Å²) in [7, 11) is 2.09. The largest absolute Gasteiger partial charge is 0.316 e. The summed E-state index contributed by atoms with van der Waals surface area (Å²) in [6.45, 7) is 2.34. The van der Waals surface area contributed by atoms with Gasteiger partial charge >= 0.3 is 0 Å². The Bertz CT molecular complexity index is 382. The first-order chi connectivity index (χ1) is 8.72. The smallest absolute Gasteiger partial charge is 0.0438 e. The molecule has 2 heteroatoms. The van der Waals surface area contributed by atoms with Gasteiger partial charge in [0.2, 0.25) is 0 Å². The Hall–Kier alpha value is -0.530. The predicted octanol–water partition coefficient (Wildman–Crippen LogP) is 4.44. The predicted molar refractivity (Wildman–Crippen MR) is 79.2 cm³/mol. The van der Waals surface area contributed by atoms with E-state index in [4.69, 9.17) is 11.6 Å². The lowest BCUT2D eigenvalue weighted by molar-refractivity contribution is 0.192. The van der Waals surface area contributed by atoms with Gasteiger partial charge in [-0.25, -0.2) is 0 Å². The SMILES string of the molecule is CCC1(C(Cc2ccccc2Cl)NC)CCCC1. The van der Waals surface area contributed by atoms with E-state index in [0.717, 1.165) is 11.4 Å². The molecule has 1 aliphatic rings. The van der Waals surface area contributed by atoms with E-state index in [9.17, 15) is 0 Å². The van der Waals surface area contributed by atoms with Crippen molar-refractivity contribution in [3.63, 3.8) is 0 Å². The molecule has 1 nitrogen and oxygen atoms in total. The van der Waals surface area contributed by atoms with Crippen molar-refractivity contribution in [3.8, 4) is 0 Å². The van der Waals surface area contributed by atoms with Crippen LogP contribution in [0.25, 0.3) is 0 Å². The van der Waals surface area contributed by atoms with E-state index in [1.54, 1.807) is 0 Å². The highest BCUT2D eigenvalue weighted by Gasteiger charge is 2.38. The molecule has 18 heavy (non-hydrogen) atoms. The molecule has 0 radical (unpaired) electrons. The van der Waals surface area contributed by atoms with Crippen molar-refractivity contribution in [1.82, 2.24) is 5.32 Å². The number of nitrogens with one attached hydrogen (secondary N) is 1. The monoisotopic (exact) mass is 265 g/mol. The molecule has 0 amide bonds.